The lowest BCUT2D eigenvalue weighted by atomic mass is 9.47. The van der Waals surface area contributed by atoms with E-state index in [0.717, 1.165) is 48.3 Å². The Morgan fingerprint density at radius 3 is 2.54 bits per heavy atom. The van der Waals surface area contributed by atoms with Gasteiger partial charge in [0.1, 0.15) is 0 Å². The molecule has 4 aliphatic carbocycles. The predicted molar refractivity (Wildman–Crippen MR) is 119 cm³/mol. The summed E-state index contributed by atoms with van der Waals surface area (Å²) < 4.78 is 0. The summed E-state index contributed by atoms with van der Waals surface area (Å²) in [4.78, 5) is 0. The van der Waals surface area contributed by atoms with Crippen LogP contribution < -0.4 is 0 Å². The van der Waals surface area contributed by atoms with Gasteiger partial charge in [-0.15, -0.1) is 0 Å². The Balaban J connectivity index is 1.49. The van der Waals surface area contributed by atoms with Crippen molar-refractivity contribution in [1.29, 1.82) is 0 Å². The predicted octanol–water partition coefficient (Wildman–Crippen LogP) is 7.39. The van der Waals surface area contributed by atoms with E-state index >= 15 is 0 Å². The molecule has 1 heteroatoms. The second-order valence-electron chi connectivity index (χ2n) is 12.2. The van der Waals surface area contributed by atoms with Crippen molar-refractivity contribution in [1.82, 2.24) is 0 Å². The number of rotatable bonds is 5. The van der Waals surface area contributed by atoms with Crippen LogP contribution in [0, 0.1) is 46.3 Å². The van der Waals surface area contributed by atoms with Crippen molar-refractivity contribution in [3.63, 3.8) is 0 Å². The highest BCUT2D eigenvalue weighted by Crippen LogP contribution is 2.67. The molecule has 28 heavy (non-hydrogen) atoms. The van der Waals surface area contributed by atoms with Gasteiger partial charge in [-0.3, -0.25) is 0 Å². The zero-order chi connectivity index (χ0) is 20.1. The van der Waals surface area contributed by atoms with E-state index in [1.807, 2.05) is 0 Å². The molecule has 1 N–H and O–H groups in total. The van der Waals surface area contributed by atoms with Crippen molar-refractivity contribution >= 4 is 0 Å². The zero-order valence-electron chi connectivity index (χ0n) is 19.3. The largest absolute Gasteiger partial charge is 0.393 e. The van der Waals surface area contributed by atoms with Crippen LogP contribution in [0.1, 0.15) is 105 Å². The Morgan fingerprint density at radius 1 is 1.00 bits per heavy atom. The number of hydrogen-bond donors (Lipinski definition) is 1. The number of hydrogen-bond acceptors (Lipinski definition) is 1. The third kappa shape index (κ3) is 3.42. The smallest absolute Gasteiger partial charge is 0.0577 e. The highest BCUT2D eigenvalue weighted by atomic mass is 16.3. The van der Waals surface area contributed by atoms with Gasteiger partial charge in [0, 0.05) is 0 Å². The van der Waals surface area contributed by atoms with Crippen molar-refractivity contribution in [3.8, 4) is 0 Å². The van der Waals surface area contributed by atoms with Crippen LogP contribution in [0.15, 0.2) is 11.6 Å². The number of allylic oxidation sites excluding steroid dienone is 1. The molecule has 0 aromatic rings. The van der Waals surface area contributed by atoms with Crippen LogP contribution in [-0.2, 0) is 0 Å². The molecule has 0 amide bonds. The minimum atomic E-state index is -0.0766. The highest BCUT2D eigenvalue weighted by Gasteiger charge is 2.59. The van der Waals surface area contributed by atoms with Crippen molar-refractivity contribution in [2.45, 2.75) is 111 Å². The summed E-state index contributed by atoms with van der Waals surface area (Å²) in [7, 11) is 0. The molecule has 0 heterocycles. The lowest BCUT2D eigenvalue weighted by Gasteiger charge is -2.58. The van der Waals surface area contributed by atoms with Gasteiger partial charge in [-0.25, -0.2) is 0 Å². The van der Waals surface area contributed by atoms with E-state index in [4.69, 9.17) is 0 Å². The molecule has 4 aliphatic rings. The van der Waals surface area contributed by atoms with Gasteiger partial charge < -0.3 is 5.11 Å². The summed E-state index contributed by atoms with van der Waals surface area (Å²) >= 11 is 0. The molecule has 0 saturated heterocycles. The molecule has 0 aliphatic heterocycles. The van der Waals surface area contributed by atoms with E-state index in [9.17, 15) is 5.11 Å². The van der Waals surface area contributed by atoms with E-state index in [-0.39, 0.29) is 6.10 Å². The molecule has 3 saturated carbocycles. The molecule has 4 rings (SSSR count). The molecule has 1 nitrogen and oxygen atoms in total. The van der Waals surface area contributed by atoms with Crippen LogP contribution in [0.25, 0.3) is 0 Å². The lowest BCUT2D eigenvalue weighted by Crippen LogP contribution is -2.50. The standard InChI is InChI=1S/C27H46O/c1-18(2)7-6-8-19(3)23-11-12-24-22-10-9-20-17-21(28)13-15-26(20,4)25(22)14-16-27(23,24)5/h9,18-19,21-25,28H,6-8,10-17H2,1-5H3/t19-,21+,22+,23-,24?,25+,26+,27-/m1/s1. The Bertz CT molecular complexity index is 591. The van der Waals surface area contributed by atoms with Crippen LogP contribution in [0.3, 0.4) is 0 Å². The first kappa shape index (κ1) is 21.0. The summed E-state index contributed by atoms with van der Waals surface area (Å²) in [5, 5.41) is 10.2. The maximum absolute atomic E-state index is 10.2. The van der Waals surface area contributed by atoms with Crippen LogP contribution in [0.5, 0.6) is 0 Å². The Morgan fingerprint density at radius 2 is 1.79 bits per heavy atom. The third-order valence-corrected chi connectivity index (χ3v) is 10.3. The molecule has 8 atom stereocenters. The minimum absolute atomic E-state index is 0.0766. The van der Waals surface area contributed by atoms with Crippen molar-refractivity contribution in [2.24, 2.45) is 46.3 Å². The fourth-order valence-electron chi connectivity index (χ4n) is 8.67. The lowest BCUT2D eigenvalue weighted by molar-refractivity contribution is -0.0573. The van der Waals surface area contributed by atoms with Crippen LogP contribution in [0.2, 0.25) is 0 Å². The van der Waals surface area contributed by atoms with Gasteiger partial charge in [-0.2, -0.15) is 0 Å². The van der Waals surface area contributed by atoms with Crippen LogP contribution >= 0.6 is 0 Å². The van der Waals surface area contributed by atoms with Crippen molar-refractivity contribution in [3.05, 3.63) is 11.6 Å². The fourth-order valence-corrected chi connectivity index (χ4v) is 8.67. The molecular weight excluding hydrogens is 340 g/mol. The van der Waals surface area contributed by atoms with Gasteiger partial charge in [0.05, 0.1) is 6.10 Å². The van der Waals surface area contributed by atoms with Gasteiger partial charge >= 0.3 is 0 Å². The maximum atomic E-state index is 10.2. The molecular formula is C27H46O. The summed E-state index contributed by atoms with van der Waals surface area (Å²) in [6, 6.07) is 0. The topological polar surface area (TPSA) is 20.2 Å². The minimum Gasteiger partial charge on any atom is -0.393 e. The van der Waals surface area contributed by atoms with Crippen molar-refractivity contribution < 1.29 is 5.11 Å². The van der Waals surface area contributed by atoms with E-state index < -0.39 is 0 Å². The monoisotopic (exact) mass is 386 g/mol. The number of fused-ring (bicyclic) bond motifs is 5. The van der Waals surface area contributed by atoms with Gasteiger partial charge in [0.25, 0.3) is 0 Å². The van der Waals surface area contributed by atoms with Crippen LogP contribution in [-0.4, -0.2) is 11.2 Å². The zero-order valence-corrected chi connectivity index (χ0v) is 19.3. The Kier molecular flexibility index (Phi) is 5.80. The molecule has 0 aromatic heterocycles. The van der Waals surface area contributed by atoms with E-state index in [2.05, 4.69) is 40.7 Å². The molecule has 0 radical (unpaired) electrons. The summed E-state index contributed by atoms with van der Waals surface area (Å²) in [6.07, 6.45) is 17.2. The molecule has 160 valence electrons. The second-order valence-corrected chi connectivity index (χ2v) is 12.2. The van der Waals surface area contributed by atoms with E-state index in [0.29, 0.717) is 10.8 Å². The maximum Gasteiger partial charge on any atom is 0.0577 e. The quantitative estimate of drug-likeness (QED) is 0.488. The molecule has 1 unspecified atom stereocenters. The normalized spacial score (nSPS) is 46.5. The highest BCUT2D eigenvalue weighted by molar-refractivity contribution is 5.25. The first-order chi connectivity index (χ1) is 13.3. The molecule has 0 bridgehead atoms. The fraction of sp³-hybridized carbons (Fsp3) is 0.926. The van der Waals surface area contributed by atoms with Gasteiger partial charge in [-0.05, 0) is 97.7 Å². The average molecular weight is 387 g/mol. The Hall–Kier alpha value is -0.300. The Labute approximate surface area is 174 Å². The molecule has 0 spiro atoms. The van der Waals surface area contributed by atoms with Gasteiger partial charge in [0.2, 0.25) is 0 Å². The van der Waals surface area contributed by atoms with Crippen LogP contribution in [0.4, 0.5) is 0 Å². The average Bonchev–Trinajstić information content (AvgIpc) is 2.99. The summed E-state index contributed by atoms with van der Waals surface area (Å²) in [6.45, 7) is 12.6. The number of aliphatic hydroxyl groups is 1. The third-order valence-electron chi connectivity index (χ3n) is 10.3. The summed E-state index contributed by atoms with van der Waals surface area (Å²) in [5.41, 5.74) is 2.60. The first-order valence-electron chi connectivity index (χ1n) is 12.6. The van der Waals surface area contributed by atoms with Gasteiger partial charge in [-0.1, -0.05) is 65.5 Å². The summed E-state index contributed by atoms with van der Waals surface area (Å²) in [5.74, 6) is 5.46. The molecule has 0 aromatic carbocycles. The van der Waals surface area contributed by atoms with E-state index in [1.165, 1.54) is 57.8 Å². The van der Waals surface area contributed by atoms with Gasteiger partial charge in [0.15, 0.2) is 0 Å². The second kappa shape index (κ2) is 7.75. The first-order valence-corrected chi connectivity index (χ1v) is 12.6. The molecule has 3 fully saturated rings. The number of aliphatic hydroxyl groups excluding tert-OH is 1. The van der Waals surface area contributed by atoms with E-state index in [1.54, 1.807) is 5.57 Å². The van der Waals surface area contributed by atoms with Crippen molar-refractivity contribution in [2.75, 3.05) is 0 Å². The SMILES string of the molecule is CC(C)CCC[C@@H](C)[C@H]1CCC2[C@@H]3CC=C4C[C@@H](O)CC[C@]4(C)[C@H]3CC[C@@]21C.